The number of hydrogen-bond donors (Lipinski definition) is 1. The van der Waals surface area contributed by atoms with Crippen molar-refractivity contribution in [2.24, 2.45) is 5.14 Å². The molecule has 1 rings (SSSR count). The van der Waals surface area contributed by atoms with Gasteiger partial charge in [-0.25, -0.2) is 0 Å². The molecule has 0 saturated heterocycles. The molecule has 0 atom stereocenters. The van der Waals surface area contributed by atoms with Crippen LogP contribution in [0.25, 0.3) is 0 Å². The molecule has 0 heterocycles. The van der Waals surface area contributed by atoms with Crippen LogP contribution in [0.3, 0.4) is 0 Å². The zero-order valence-electron chi connectivity index (χ0n) is 6.16. The van der Waals surface area contributed by atoms with Gasteiger partial charge in [-0.2, -0.15) is 5.26 Å². The Kier molecular flexibility index (Phi) is 2.53. The summed E-state index contributed by atoms with van der Waals surface area (Å²) >= 11 is 1.21. The van der Waals surface area contributed by atoms with Crippen LogP contribution < -0.4 is 5.14 Å². The van der Waals surface area contributed by atoms with Crippen LogP contribution in [0, 0.1) is 18.3 Å². The molecule has 1 aromatic rings. The fraction of sp³-hybridized carbons (Fsp3) is 0.125. The van der Waals surface area contributed by atoms with Crippen LogP contribution >= 0.6 is 11.9 Å². The van der Waals surface area contributed by atoms with Gasteiger partial charge in [0.2, 0.25) is 0 Å². The van der Waals surface area contributed by atoms with Crippen molar-refractivity contribution in [2.75, 3.05) is 0 Å². The third-order valence-electron chi connectivity index (χ3n) is 1.43. The molecule has 0 saturated carbocycles. The van der Waals surface area contributed by atoms with Gasteiger partial charge >= 0.3 is 0 Å². The van der Waals surface area contributed by atoms with Crippen LogP contribution in [0.15, 0.2) is 23.1 Å². The summed E-state index contributed by atoms with van der Waals surface area (Å²) in [7, 11) is 0. The minimum Gasteiger partial charge on any atom is -0.274 e. The molecule has 0 aliphatic rings. The minimum absolute atomic E-state index is 0.681. The number of nitriles is 1. The van der Waals surface area contributed by atoms with Crippen LogP contribution in [0.4, 0.5) is 0 Å². The van der Waals surface area contributed by atoms with Crippen molar-refractivity contribution in [1.82, 2.24) is 0 Å². The first-order valence-corrected chi connectivity index (χ1v) is 4.03. The Morgan fingerprint density at radius 3 is 2.73 bits per heavy atom. The van der Waals surface area contributed by atoms with E-state index >= 15 is 0 Å². The average Bonchev–Trinajstić information content (AvgIpc) is 2.04. The molecule has 0 aromatic heterocycles. The predicted octanol–water partition coefficient (Wildman–Crippen LogP) is 1.83. The smallest absolute Gasteiger partial charge is 0.0991 e. The second-order valence-corrected chi connectivity index (χ2v) is 2.89. The van der Waals surface area contributed by atoms with E-state index in [0.717, 1.165) is 10.5 Å². The average molecular weight is 164 g/mol. The van der Waals surface area contributed by atoms with Gasteiger partial charge in [0.05, 0.1) is 11.6 Å². The van der Waals surface area contributed by atoms with E-state index in [-0.39, 0.29) is 0 Å². The van der Waals surface area contributed by atoms with Crippen LogP contribution in [0.2, 0.25) is 0 Å². The molecule has 0 spiro atoms. The van der Waals surface area contributed by atoms with Gasteiger partial charge in [0, 0.05) is 4.90 Å². The number of benzene rings is 1. The normalized spacial score (nSPS) is 9.18. The van der Waals surface area contributed by atoms with E-state index in [1.54, 1.807) is 6.07 Å². The summed E-state index contributed by atoms with van der Waals surface area (Å²) in [6.07, 6.45) is 0. The van der Waals surface area contributed by atoms with Crippen molar-refractivity contribution >= 4 is 11.9 Å². The lowest BCUT2D eigenvalue weighted by molar-refractivity contribution is 1.29. The number of rotatable bonds is 1. The highest BCUT2D eigenvalue weighted by molar-refractivity contribution is 7.97. The third kappa shape index (κ3) is 1.73. The van der Waals surface area contributed by atoms with Gasteiger partial charge in [-0.3, -0.25) is 5.14 Å². The summed E-state index contributed by atoms with van der Waals surface area (Å²) < 4.78 is 0. The minimum atomic E-state index is 0.681. The largest absolute Gasteiger partial charge is 0.274 e. The highest BCUT2D eigenvalue weighted by atomic mass is 32.2. The van der Waals surface area contributed by atoms with Gasteiger partial charge in [0.25, 0.3) is 0 Å². The Labute approximate surface area is 70.2 Å². The van der Waals surface area contributed by atoms with E-state index in [9.17, 15) is 0 Å². The van der Waals surface area contributed by atoms with Gasteiger partial charge in [0.1, 0.15) is 0 Å². The quantitative estimate of drug-likeness (QED) is 0.644. The second kappa shape index (κ2) is 3.42. The van der Waals surface area contributed by atoms with Gasteiger partial charge in [-0.05, 0) is 42.6 Å². The summed E-state index contributed by atoms with van der Waals surface area (Å²) in [6.45, 7) is 1.94. The molecule has 0 bridgehead atoms. The van der Waals surface area contributed by atoms with Crippen molar-refractivity contribution in [3.8, 4) is 6.07 Å². The van der Waals surface area contributed by atoms with Gasteiger partial charge in [-0.1, -0.05) is 0 Å². The molecule has 2 nitrogen and oxygen atoms in total. The molecule has 1 aromatic carbocycles. The van der Waals surface area contributed by atoms with Crippen LogP contribution in [-0.2, 0) is 0 Å². The zero-order valence-corrected chi connectivity index (χ0v) is 6.98. The van der Waals surface area contributed by atoms with Gasteiger partial charge < -0.3 is 0 Å². The standard InChI is InChI=1S/C8H8N2S/c1-6-4-7(5-9)2-3-8(6)11-10/h2-4H,10H2,1H3. The molecule has 0 fully saturated rings. The highest BCUT2D eigenvalue weighted by Gasteiger charge is 1.97. The molecular formula is C8H8N2S. The van der Waals surface area contributed by atoms with Crippen molar-refractivity contribution in [2.45, 2.75) is 11.8 Å². The van der Waals surface area contributed by atoms with Crippen molar-refractivity contribution in [1.29, 1.82) is 5.26 Å². The Hall–Kier alpha value is -0.980. The summed E-state index contributed by atoms with van der Waals surface area (Å²) in [5.41, 5.74) is 1.73. The van der Waals surface area contributed by atoms with Crippen LogP contribution in [0.5, 0.6) is 0 Å². The van der Waals surface area contributed by atoms with Crippen LogP contribution in [0.1, 0.15) is 11.1 Å². The third-order valence-corrected chi connectivity index (χ3v) is 2.14. The van der Waals surface area contributed by atoms with E-state index in [0.29, 0.717) is 5.56 Å². The summed E-state index contributed by atoms with van der Waals surface area (Å²) in [5, 5.41) is 13.9. The van der Waals surface area contributed by atoms with Crippen molar-refractivity contribution in [3.63, 3.8) is 0 Å². The van der Waals surface area contributed by atoms with Gasteiger partial charge in [-0.15, -0.1) is 0 Å². The molecule has 0 amide bonds. The monoisotopic (exact) mass is 164 g/mol. The van der Waals surface area contributed by atoms with E-state index in [1.165, 1.54) is 11.9 Å². The SMILES string of the molecule is Cc1cc(C#N)ccc1SN. The van der Waals surface area contributed by atoms with Crippen LogP contribution in [-0.4, -0.2) is 0 Å². The molecule has 3 heteroatoms. The molecule has 0 radical (unpaired) electrons. The second-order valence-electron chi connectivity index (χ2n) is 2.21. The maximum Gasteiger partial charge on any atom is 0.0991 e. The first kappa shape index (κ1) is 8.12. The van der Waals surface area contributed by atoms with E-state index in [1.807, 2.05) is 19.1 Å². The molecule has 56 valence electrons. The summed E-state index contributed by atoms with van der Waals surface area (Å²) in [6, 6.07) is 7.52. The van der Waals surface area contributed by atoms with Gasteiger partial charge in [0.15, 0.2) is 0 Å². The molecule has 2 N–H and O–H groups in total. The number of nitrogens with zero attached hydrogens (tertiary/aromatic N) is 1. The first-order valence-electron chi connectivity index (χ1n) is 3.15. The highest BCUT2D eigenvalue weighted by Crippen LogP contribution is 2.17. The maximum absolute atomic E-state index is 8.54. The molecule has 11 heavy (non-hydrogen) atoms. The summed E-state index contributed by atoms with van der Waals surface area (Å²) in [4.78, 5) is 1.02. The Bertz CT molecular complexity index is 301. The van der Waals surface area contributed by atoms with E-state index in [4.69, 9.17) is 10.4 Å². The Morgan fingerprint density at radius 1 is 1.55 bits per heavy atom. The molecular weight excluding hydrogens is 156 g/mol. The van der Waals surface area contributed by atoms with E-state index < -0.39 is 0 Å². The number of aryl methyl sites for hydroxylation is 1. The lowest BCUT2D eigenvalue weighted by Gasteiger charge is -1.99. The lowest BCUT2D eigenvalue weighted by Crippen LogP contribution is -1.85. The molecule has 0 unspecified atom stereocenters. The fourth-order valence-corrected chi connectivity index (χ4v) is 1.24. The topological polar surface area (TPSA) is 49.8 Å². The lowest BCUT2D eigenvalue weighted by atomic mass is 10.2. The van der Waals surface area contributed by atoms with Crippen molar-refractivity contribution < 1.29 is 0 Å². The number of nitrogens with two attached hydrogens (primary N) is 1. The predicted molar refractivity (Wildman–Crippen MR) is 45.9 cm³/mol. The van der Waals surface area contributed by atoms with Crippen molar-refractivity contribution in [3.05, 3.63) is 29.3 Å². The number of hydrogen-bond acceptors (Lipinski definition) is 3. The Morgan fingerprint density at radius 2 is 2.27 bits per heavy atom. The fourth-order valence-electron chi connectivity index (χ4n) is 0.851. The molecule has 0 aliphatic carbocycles. The molecule has 0 aliphatic heterocycles. The van der Waals surface area contributed by atoms with E-state index in [2.05, 4.69) is 6.07 Å². The zero-order chi connectivity index (χ0) is 8.27. The summed E-state index contributed by atoms with van der Waals surface area (Å²) in [5.74, 6) is 0. The first-order chi connectivity index (χ1) is 5.27. The maximum atomic E-state index is 8.54. The Balaban J connectivity index is 3.12.